The molecule has 2 aliphatic rings. The highest BCUT2D eigenvalue weighted by Gasteiger charge is 2.37. The van der Waals surface area contributed by atoms with Gasteiger partial charge >= 0.3 is 11.8 Å². The number of nitrogens with zero attached hydrogens (tertiary/aromatic N) is 2. The van der Waals surface area contributed by atoms with E-state index in [1.54, 1.807) is 4.90 Å². The smallest absolute Gasteiger partial charge is 0.312 e. The molecule has 2 amide bonds. The largest absolute Gasteiger partial charge is 0.346 e. The highest BCUT2D eigenvalue weighted by atomic mass is 35.5. The summed E-state index contributed by atoms with van der Waals surface area (Å²) in [4.78, 5) is 27.3. The molecule has 1 N–H and O–H groups in total. The maximum atomic E-state index is 11.8. The van der Waals surface area contributed by atoms with Crippen LogP contribution in [0.2, 0.25) is 5.02 Å². The van der Waals surface area contributed by atoms with Gasteiger partial charge in [-0.2, -0.15) is 0 Å². The van der Waals surface area contributed by atoms with Gasteiger partial charge in [0.2, 0.25) is 0 Å². The van der Waals surface area contributed by atoms with Crippen molar-refractivity contribution in [1.29, 1.82) is 0 Å². The first-order valence-corrected chi connectivity index (χ1v) is 7.99. The highest BCUT2D eigenvalue weighted by Crippen LogP contribution is 2.22. The molecule has 0 aliphatic carbocycles. The molecule has 0 spiro atoms. The van der Waals surface area contributed by atoms with Gasteiger partial charge in [-0.15, -0.1) is 0 Å². The first-order valence-electron chi connectivity index (χ1n) is 7.61. The second kappa shape index (κ2) is 6.26. The molecule has 6 heteroatoms. The van der Waals surface area contributed by atoms with Gasteiger partial charge in [0.15, 0.2) is 0 Å². The maximum absolute atomic E-state index is 11.8. The fraction of sp³-hybridized carbons (Fsp3) is 0.500. The lowest BCUT2D eigenvalue weighted by Crippen LogP contribution is -2.65. The van der Waals surface area contributed by atoms with Gasteiger partial charge < -0.3 is 10.2 Å². The summed E-state index contributed by atoms with van der Waals surface area (Å²) >= 11 is 6.05. The fourth-order valence-corrected chi connectivity index (χ4v) is 3.45. The number of hydrogen-bond acceptors (Lipinski definition) is 3. The second-order valence-corrected chi connectivity index (χ2v) is 6.51. The van der Waals surface area contributed by atoms with Gasteiger partial charge in [0.05, 0.1) is 6.04 Å². The van der Waals surface area contributed by atoms with E-state index in [1.165, 1.54) is 5.56 Å². The lowest BCUT2D eigenvalue weighted by molar-refractivity contribution is -0.152. The number of hydrogen-bond donors (Lipinski definition) is 1. The van der Waals surface area contributed by atoms with Crippen LogP contribution in [0.1, 0.15) is 18.4 Å². The Kier molecular flexibility index (Phi) is 4.36. The second-order valence-electron chi connectivity index (χ2n) is 6.08. The first-order chi connectivity index (χ1) is 10.5. The molecule has 2 heterocycles. The molecule has 2 fully saturated rings. The number of fused-ring (bicyclic) bond motifs is 1. The van der Waals surface area contributed by atoms with Crippen molar-refractivity contribution in [3.8, 4) is 0 Å². The third kappa shape index (κ3) is 3.10. The van der Waals surface area contributed by atoms with Crippen LogP contribution in [-0.2, 0) is 9.59 Å². The van der Waals surface area contributed by atoms with Crippen molar-refractivity contribution in [2.75, 3.05) is 32.7 Å². The van der Waals surface area contributed by atoms with E-state index < -0.39 is 11.8 Å². The molecule has 118 valence electrons. The van der Waals surface area contributed by atoms with Crippen LogP contribution >= 0.6 is 11.6 Å². The quantitative estimate of drug-likeness (QED) is 0.848. The van der Waals surface area contributed by atoms with Crippen LogP contribution in [0, 0.1) is 0 Å². The summed E-state index contributed by atoms with van der Waals surface area (Å²) in [6.07, 6.45) is 0. The molecule has 2 saturated heterocycles. The average molecular weight is 322 g/mol. The zero-order chi connectivity index (χ0) is 15.7. The summed E-state index contributed by atoms with van der Waals surface area (Å²) in [6.45, 7) is 5.89. The van der Waals surface area contributed by atoms with Crippen LogP contribution in [0.3, 0.4) is 0 Å². The van der Waals surface area contributed by atoms with Crippen molar-refractivity contribution in [1.82, 2.24) is 15.1 Å². The Balaban J connectivity index is 1.61. The van der Waals surface area contributed by atoms with Crippen molar-refractivity contribution in [3.63, 3.8) is 0 Å². The monoisotopic (exact) mass is 321 g/mol. The Morgan fingerprint density at radius 1 is 1.36 bits per heavy atom. The van der Waals surface area contributed by atoms with Gasteiger partial charge in [-0.25, -0.2) is 0 Å². The highest BCUT2D eigenvalue weighted by molar-refractivity contribution is 6.35. The summed E-state index contributed by atoms with van der Waals surface area (Å²) in [5.74, 6) is -0.491. The minimum atomic E-state index is -0.475. The van der Waals surface area contributed by atoms with Crippen LogP contribution in [0.25, 0.3) is 0 Å². The molecule has 0 aromatic heterocycles. The molecular formula is C16H20ClN3O2. The molecule has 2 atom stereocenters. The zero-order valence-corrected chi connectivity index (χ0v) is 13.3. The first kappa shape index (κ1) is 15.3. The van der Waals surface area contributed by atoms with E-state index >= 15 is 0 Å². The number of piperazine rings is 2. The van der Waals surface area contributed by atoms with Crippen LogP contribution in [0.4, 0.5) is 0 Å². The molecule has 3 rings (SSSR count). The van der Waals surface area contributed by atoms with E-state index in [4.69, 9.17) is 11.6 Å². The Morgan fingerprint density at radius 3 is 2.95 bits per heavy atom. The number of halogens is 1. The maximum Gasteiger partial charge on any atom is 0.312 e. The lowest BCUT2D eigenvalue weighted by Gasteiger charge is -2.44. The SMILES string of the molecule is C[C@H](CN1CCN2C(=O)C(=O)NC[C@H]2C1)c1cccc(Cl)c1. The molecule has 0 saturated carbocycles. The van der Waals surface area contributed by atoms with Crippen molar-refractivity contribution in [2.45, 2.75) is 18.9 Å². The summed E-state index contributed by atoms with van der Waals surface area (Å²) in [5.41, 5.74) is 1.22. The molecule has 2 aliphatic heterocycles. The summed E-state index contributed by atoms with van der Waals surface area (Å²) in [6, 6.07) is 8.05. The third-order valence-corrected chi connectivity index (χ3v) is 4.71. The predicted molar refractivity (Wildman–Crippen MR) is 84.8 cm³/mol. The molecule has 0 bridgehead atoms. The molecule has 5 nitrogen and oxygen atoms in total. The van der Waals surface area contributed by atoms with E-state index in [1.807, 2.05) is 18.2 Å². The minimum absolute atomic E-state index is 0.0884. The standard InChI is InChI=1S/C16H20ClN3O2/c1-11(12-3-2-4-13(17)7-12)9-19-5-6-20-14(10-19)8-18-15(21)16(20)22/h2-4,7,11,14H,5-6,8-10H2,1H3,(H,18,21)/t11-,14+/m1/s1. The fourth-order valence-electron chi connectivity index (χ4n) is 3.25. The summed E-state index contributed by atoms with van der Waals surface area (Å²) in [7, 11) is 0. The Morgan fingerprint density at radius 2 is 2.18 bits per heavy atom. The van der Waals surface area contributed by atoms with Crippen LogP contribution in [0.5, 0.6) is 0 Å². The molecule has 22 heavy (non-hydrogen) atoms. The van der Waals surface area contributed by atoms with E-state index in [-0.39, 0.29) is 6.04 Å². The zero-order valence-electron chi connectivity index (χ0n) is 12.6. The van der Waals surface area contributed by atoms with Gasteiger partial charge in [-0.3, -0.25) is 14.5 Å². The summed E-state index contributed by atoms with van der Waals surface area (Å²) in [5, 5.41) is 3.43. The topological polar surface area (TPSA) is 52.7 Å². The third-order valence-electron chi connectivity index (χ3n) is 4.47. The van der Waals surface area contributed by atoms with Crippen LogP contribution < -0.4 is 5.32 Å². The van der Waals surface area contributed by atoms with Gasteiger partial charge in [0.1, 0.15) is 0 Å². The predicted octanol–water partition coefficient (Wildman–Crippen LogP) is 1.09. The van der Waals surface area contributed by atoms with Crippen LogP contribution in [0.15, 0.2) is 24.3 Å². The van der Waals surface area contributed by atoms with E-state index in [9.17, 15) is 9.59 Å². The molecule has 0 unspecified atom stereocenters. The van der Waals surface area contributed by atoms with Crippen molar-refractivity contribution < 1.29 is 9.59 Å². The Labute approximate surface area is 135 Å². The number of rotatable bonds is 3. The van der Waals surface area contributed by atoms with Crippen LogP contribution in [-0.4, -0.2) is 60.4 Å². The molecule has 1 aromatic carbocycles. The van der Waals surface area contributed by atoms with E-state index in [2.05, 4.69) is 23.2 Å². The van der Waals surface area contributed by atoms with Gasteiger partial charge in [-0.05, 0) is 23.6 Å². The van der Waals surface area contributed by atoms with E-state index in [0.29, 0.717) is 19.0 Å². The summed E-state index contributed by atoms with van der Waals surface area (Å²) < 4.78 is 0. The number of benzene rings is 1. The van der Waals surface area contributed by atoms with Crippen molar-refractivity contribution >= 4 is 23.4 Å². The number of amides is 2. The normalized spacial score (nSPS) is 23.9. The van der Waals surface area contributed by atoms with E-state index in [0.717, 1.165) is 24.7 Å². The average Bonchev–Trinajstić information content (AvgIpc) is 2.51. The van der Waals surface area contributed by atoms with Crippen molar-refractivity contribution in [2.24, 2.45) is 0 Å². The van der Waals surface area contributed by atoms with Gasteiger partial charge in [0, 0.05) is 37.7 Å². The molecule has 1 aromatic rings. The Hall–Kier alpha value is -1.59. The number of carbonyl (C=O) groups is 2. The van der Waals surface area contributed by atoms with Gasteiger partial charge in [-0.1, -0.05) is 30.7 Å². The van der Waals surface area contributed by atoms with Gasteiger partial charge in [0.25, 0.3) is 0 Å². The lowest BCUT2D eigenvalue weighted by atomic mass is 9.99. The molecule has 0 radical (unpaired) electrons. The minimum Gasteiger partial charge on any atom is -0.346 e. The number of nitrogens with one attached hydrogen (secondary N) is 1. The Bertz CT molecular complexity index is 593. The molecular weight excluding hydrogens is 302 g/mol. The van der Waals surface area contributed by atoms with Crippen molar-refractivity contribution in [3.05, 3.63) is 34.9 Å². The number of carbonyl (C=O) groups excluding carboxylic acids is 2.